The highest BCUT2D eigenvalue weighted by atomic mass is 15.2. The van der Waals surface area contributed by atoms with E-state index in [0.717, 1.165) is 25.0 Å². The first kappa shape index (κ1) is 18.9. The van der Waals surface area contributed by atoms with E-state index in [-0.39, 0.29) is 0 Å². The zero-order valence-corrected chi connectivity index (χ0v) is 15.4. The van der Waals surface area contributed by atoms with Crippen molar-refractivity contribution in [3.63, 3.8) is 0 Å². The quantitative estimate of drug-likeness (QED) is 0.705. The Balaban J connectivity index is 2.76. The second-order valence-electron chi connectivity index (χ2n) is 7.14. The zero-order valence-electron chi connectivity index (χ0n) is 15.4. The van der Waals surface area contributed by atoms with Gasteiger partial charge in [-0.15, -0.1) is 0 Å². The molecule has 0 aromatic heterocycles. The summed E-state index contributed by atoms with van der Waals surface area (Å²) in [5.74, 6) is 0.940. The van der Waals surface area contributed by atoms with Crippen LogP contribution in [0.25, 0.3) is 0 Å². The average Bonchev–Trinajstić information content (AvgIpc) is 2.42. The highest BCUT2D eigenvalue weighted by Gasteiger charge is 2.34. The van der Waals surface area contributed by atoms with Crippen molar-refractivity contribution >= 4 is 0 Å². The molecule has 1 N–H and O–H groups in total. The maximum absolute atomic E-state index is 3.76. The minimum atomic E-state index is 0.636. The maximum Gasteiger partial charge on any atom is 0.0255 e. The van der Waals surface area contributed by atoms with Crippen molar-refractivity contribution in [1.82, 2.24) is 15.1 Å². The molecule has 1 aliphatic rings. The summed E-state index contributed by atoms with van der Waals surface area (Å²) in [5, 5.41) is 3.76. The normalized spacial score (nSPS) is 28.3. The molecule has 4 unspecified atom stereocenters. The van der Waals surface area contributed by atoms with Crippen LogP contribution in [0, 0.1) is 5.92 Å². The molecule has 0 heterocycles. The number of likely N-dealkylation sites (N-methyl/N-ethyl adjacent to an activating group) is 3. The summed E-state index contributed by atoms with van der Waals surface area (Å²) < 4.78 is 0. The monoisotopic (exact) mass is 297 g/mol. The van der Waals surface area contributed by atoms with Crippen LogP contribution < -0.4 is 5.32 Å². The van der Waals surface area contributed by atoms with Gasteiger partial charge < -0.3 is 10.2 Å². The molecule has 0 saturated heterocycles. The van der Waals surface area contributed by atoms with Gasteiger partial charge in [-0.2, -0.15) is 0 Å². The third-order valence-electron chi connectivity index (χ3n) is 5.08. The minimum Gasteiger partial charge on any atom is -0.313 e. The Morgan fingerprint density at radius 3 is 2.38 bits per heavy atom. The lowest BCUT2D eigenvalue weighted by molar-refractivity contribution is 0.0586. The molecular weight excluding hydrogens is 258 g/mol. The molecule has 3 nitrogen and oxygen atoms in total. The highest BCUT2D eigenvalue weighted by Crippen LogP contribution is 2.32. The minimum absolute atomic E-state index is 0.636. The van der Waals surface area contributed by atoms with Crippen LogP contribution in [-0.2, 0) is 0 Å². The van der Waals surface area contributed by atoms with Crippen LogP contribution in [-0.4, -0.2) is 61.7 Å². The Kier molecular flexibility index (Phi) is 8.84. The van der Waals surface area contributed by atoms with E-state index in [4.69, 9.17) is 0 Å². The molecule has 126 valence electrons. The molecule has 1 aliphatic carbocycles. The van der Waals surface area contributed by atoms with E-state index in [9.17, 15) is 0 Å². The number of nitrogens with one attached hydrogen (secondary N) is 1. The first-order valence-corrected chi connectivity index (χ1v) is 9.17. The molecule has 1 rings (SSSR count). The third kappa shape index (κ3) is 5.88. The Morgan fingerprint density at radius 2 is 1.86 bits per heavy atom. The maximum atomic E-state index is 3.76. The van der Waals surface area contributed by atoms with Gasteiger partial charge in [-0.05, 0) is 59.3 Å². The van der Waals surface area contributed by atoms with Crippen LogP contribution in [0.15, 0.2) is 0 Å². The van der Waals surface area contributed by atoms with Crippen LogP contribution in [0.4, 0.5) is 0 Å². The summed E-state index contributed by atoms with van der Waals surface area (Å²) in [6.07, 6.45) is 6.91. The summed E-state index contributed by atoms with van der Waals surface area (Å²) in [6, 6.07) is 2.04. The Hall–Kier alpha value is -0.120. The van der Waals surface area contributed by atoms with E-state index in [1.54, 1.807) is 0 Å². The first-order chi connectivity index (χ1) is 10.0. The second-order valence-corrected chi connectivity index (χ2v) is 7.14. The van der Waals surface area contributed by atoms with E-state index in [0.29, 0.717) is 12.1 Å². The lowest BCUT2D eigenvalue weighted by Gasteiger charge is -2.46. The van der Waals surface area contributed by atoms with Crippen molar-refractivity contribution in [1.29, 1.82) is 0 Å². The van der Waals surface area contributed by atoms with Crippen molar-refractivity contribution in [3.8, 4) is 0 Å². The number of hydrogen-bond donors (Lipinski definition) is 1. The van der Waals surface area contributed by atoms with E-state index in [1.807, 2.05) is 0 Å². The van der Waals surface area contributed by atoms with Crippen molar-refractivity contribution in [2.75, 3.05) is 33.7 Å². The molecule has 0 bridgehead atoms. The van der Waals surface area contributed by atoms with Crippen LogP contribution >= 0.6 is 0 Å². The highest BCUT2D eigenvalue weighted by molar-refractivity contribution is 4.92. The summed E-state index contributed by atoms with van der Waals surface area (Å²) >= 11 is 0. The summed E-state index contributed by atoms with van der Waals surface area (Å²) in [6.45, 7) is 12.7. The van der Waals surface area contributed by atoms with Crippen molar-refractivity contribution in [2.24, 2.45) is 5.92 Å². The molecule has 3 heteroatoms. The SMILES string of the molecule is CCCC1CCC(NCC)C(N(CC)C(C)CN(C)C)C1. The number of nitrogens with zero attached hydrogens (tertiary/aromatic N) is 2. The molecule has 0 aromatic rings. The van der Waals surface area contributed by atoms with Gasteiger partial charge in [0.1, 0.15) is 0 Å². The fourth-order valence-electron chi connectivity index (χ4n) is 4.27. The third-order valence-corrected chi connectivity index (χ3v) is 5.08. The number of rotatable bonds is 9. The van der Waals surface area contributed by atoms with Crippen molar-refractivity contribution in [3.05, 3.63) is 0 Å². The summed E-state index contributed by atoms with van der Waals surface area (Å²) in [5.41, 5.74) is 0. The fraction of sp³-hybridized carbons (Fsp3) is 1.00. The van der Waals surface area contributed by atoms with Crippen LogP contribution in [0.5, 0.6) is 0 Å². The average molecular weight is 298 g/mol. The molecule has 1 fully saturated rings. The van der Waals surface area contributed by atoms with Gasteiger partial charge in [-0.3, -0.25) is 4.90 Å². The van der Waals surface area contributed by atoms with Crippen LogP contribution in [0.2, 0.25) is 0 Å². The Labute approximate surface area is 133 Å². The predicted molar refractivity (Wildman–Crippen MR) is 93.9 cm³/mol. The molecule has 0 radical (unpaired) electrons. The molecule has 0 aliphatic heterocycles. The molecule has 4 atom stereocenters. The van der Waals surface area contributed by atoms with Gasteiger partial charge >= 0.3 is 0 Å². The lowest BCUT2D eigenvalue weighted by atomic mass is 9.79. The molecule has 0 amide bonds. The van der Waals surface area contributed by atoms with Crippen LogP contribution in [0.1, 0.15) is 59.8 Å². The van der Waals surface area contributed by atoms with Gasteiger partial charge in [0.05, 0.1) is 0 Å². The molecule has 1 saturated carbocycles. The van der Waals surface area contributed by atoms with Gasteiger partial charge in [-0.1, -0.05) is 33.6 Å². The molecule has 0 spiro atoms. The molecule has 0 aromatic carbocycles. The van der Waals surface area contributed by atoms with Crippen molar-refractivity contribution < 1.29 is 0 Å². The Bertz CT molecular complexity index is 267. The smallest absolute Gasteiger partial charge is 0.0255 e. The second kappa shape index (κ2) is 9.81. The van der Waals surface area contributed by atoms with Crippen molar-refractivity contribution in [2.45, 2.75) is 77.9 Å². The van der Waals surface area contributed by atoms with Gasteiger partial charge in [0.2, 0.25) is 0 Å². The first-order valence-electron chi connectivity index (χ1n) is 9.17. The topological polar surface area (TPSA) is 18.5 Å². The van der Waals surface area contributed by atoms with Gasteiger partial charge in [0, 0.05) is 24.7 Å². The lowest BCUT2D eigenvalue weighted by Crippen LogP contribution is -2.57. The predicted octanol–water partition coefficient (Wildman–Crippen LogP) is 3.21. The molecule has 21 heavy (non-hydrogen) atoms. The largest absolute Gasteiger partial charge is 0.313 e. The van der Waals surface area contributed by atoms with Gasteiger partial charge in [0.15, 0.2) is 0 Å². The van der Waals surface area contributed by atoms with E-state index in [1.165, 1.54) is 38.6 Å². The van der Waals surface area contributed by atoms with E-state index < -0.39 is 0 Å². The van der Waals surface area contributed by atoms with Crippen LogP contribution in [0.3, 0.4) is 0 Å². The summed E-state index contributed by atoms with van der Waals surface area (Å²) in [7, 11) is 4.37. The summed E-state index contributed by atoms with van der Waals surface area (Å²) in [4.78, 5) is 5.08. The van der Waals surface area contributed by atoms with E-state index >= 15 is 0 Å². The Morgan fingerprint density at radius 1 is 1.14 bits per heavy atom. The van der Waals surface area contributed by atoms with Gasteiger partial charge in [-0.25, -0.2) is 0 Å². The molecular formula is C18H39N3. The standard InChI is InChI=1S/C18H39N3/c1-7-10-16-11-12-17(19-8-2)18(13-16)21(9-3)15(4)14-20(5)6/h15-19H,7-14H2,1-6H3. The zero-order chi connectivity index (χ0) is 15.8. The van der Waals surface area contributed by atoms with E-state index in [2.05, 4.69) is 56.9 Å². The fourth-order valence-corrected chi connectivity index (χ4v) is 4.27. The van der Waals surface area contributed by atoms with Gasteiger partial charge in [0.25, 0.3) is 0 Å². The number of hydrogen-bond acceptors (Lipinski definition) is 3.